The van der Waals surface area contributed by atoms with Crippen LogP contribution in [0.3, 0.4) is 0 Å². The molecule has 0 spiro atoms. The third-order valence-electron chi connectivity index (χ3n) is 6.15. The molecule has 0 fully saturated rings. The van der Waals surface area contributed by atoms with Gasteiger partial charge in [-0.15, -0.1) is 0 Å². The Hall–Kier alpha value is -0.830. The summed E-state index contributed by atoms with van der Waals surface area (Å²) in [5.74, 6) is 0.0294. The summed E-state index contributed by atoms with van der Waals surface area (Å²) in [6.45, 7) is 41.4. The fraction of sp³-hybridized carbons (Fsp3) is 0.914. The second-order valence-corrected chi connectivity index (χ2v) is 16.9. The van der Waals surface area contributed by atoms with Crippen LogP contribution >= 0.6 is 0 Å². The Balaban J connectivity index is -0.00000291. The maximum atomic E-state index is 13.2. The molecule has 0 saturated carbocycles. The Morgan fingerprint density at radius 2 is 1.03 bits per heavy atom. The summed E-state index contributed by atoms with van der Waals surface area (Å²) in [7, 11) is 0. The molecule has 0 saturated heterocycles. The normalized spacial score (nSPS) is 15.2. The summed E-state index contributed by atoms with van der Waals surface area (Å²) in [6, 6.07) is -0.341. The van der Waals surface area contributed by atoms with Gasteiger partial charge in [-0.1, -0.05) is 144 Å². The molecule has 0 bridgehead atoms. The second-order valence-electron chi connectivity index (χ2n) is 16.9. The minimum atomic E-state index is -0.725. The van der Waals surface area contributed by atoms with E-state index in [1.54, 1.807) is 0 Å². The molecule has 0 aliphatic rings. The Kier molecular flexibility index (Phi) is 18.0. The van der Waals surface area contributed by atoms with Crippen LogP contribution in [0.15, 0.2) is 12.2 Å². The van der Waals surface area contributed by atoms with Gasteiger partial charge < -0.3 is 10.4 Å². The van der Waals surface area contributed by atoms with E-state index in [1.165, 1.54) is 0 Å². The van der Waals surface area contributed by atoms with E-state index in [1.807, 2.05) is 33.8 Å². The monoisotopic (exact) mass is 540 g/mol. The molecule has 1 amide bonds. The van der Waals surface area contributed by atoms with Gasteiger partial charge >= 0.3 is 0 Å². The summed E-state index contributed by atoms with van der Waals surface area (Å²) in [6.07, 6.45) is 7.65. The van der Waals surface area contributed by atoms with Crippen molar-refractivity contribution in [3.05, 3.63) is 12.2 Å². The molecule has 2 atom stereocenters. The average molecular weight is 540 g/mol. The van der Waals surface area contributed by atoms with Crippen LogP contribution in [0.5, 0.6) is 0 Å². The van der Waals surface area contributed by atoms with Crippen LogP contribution in [0.25, 0.3) is 0 Å². The number of amides is 1. The van der Waals surface area contributed by atoms with Crippen molar-refractivity contribution >= 4 is 5.91 Å². The van der Waals surface area contributed by atoms with Crippen LogP contribution in [0.4, 0.5) is 0 Å². The highest BCUT2D eigenvalue weighted by Crippen LogP contribution is 2.39. The van der Waals surface area contributed by atoms with Gasteiger partial charge in [0.2, 0.25) is 5.91 Å². The molecule has 0 radical (unpaired) electrons. The number of allylic oxidation sites excluding steroid dienone is 1. The largest absolute Gasteiger partial charge is 0.387 e. The first kappa shape index (κ1) is 41.6. The van der Waals surface area contributed by atoms with Crippen LogP contribution < -0.4 is 5.32 Å². The quantitative estimate of drug-likeness (QED) is 0.256. The third kappa shape index (κ3) is 22.0. The van der Waals surface area contributed by atoms with Crippen LogP contribution in [-0.2, 0) is 4.79 Å². The van der Waals surface area contributed by atoms with E-state index in [0.717, 1.165) is 25.7 Å². The van der Waals surface area contributed by atoms with E-state index in [2.05, 4.69) is 115 Å². The molecular weight excluding hydrogens is 466 g/mol. The average Bonchev–Trinajstić information content (AvgIpc) is 2.62. The first-order valence-corrected chi connectivity index (χ1v) is 15.4. The smallest absolute Gasteiger partial charge is 0.220 e. The van der Waals surface area contributed by atoms with Crippen LogP contribution in [0.2, 0.25) is 0 Å². The number of aliphatic hydroxyl groups is 1. The molecule has 0 aromatic heterocycles. The molecule has 3 heteroatoms. The zero-order valence-electron chi connectivity index (χ0n) is 29.7. The summed E-state index contributed by atoms with van der Waals surface area (Å²) in [4.78, 5) is 13.2. The lowest BCUT2D eigenvalue weighted by Crippen LogP contribution is -2.53. The highest BCUT2D eigenvalue weighted by Gasteiger charge is 2.39. The van der Waals surface area contributed by atoms with Crippen LogP contribution in [0.1, 0.15) is 164 Å². The number of hydrogen-bond acceptors (Lipinski definition) is 2. The Labute approximate surface area is 241 Å². The van der Waals surface area contributed by atoms with Crippen molar-refractivity contribution in [2.24, 2.45) is 32.5 Å². The third-order valence-corrected chi connectivity index (χ3v) is 6.15. The van der Waals surface area contributed by atoms with Crippen molar-refractivity contribution in [2.45, 2.75) is 176 Å². The van der Waals surface area contributed by atoms with Gasteiger partial charge in [0.1, 0.15) is 0 Å². The van der Waals surface area contributed by atoms with Gasteiger partial charge in [-0.3, -0.25) is 4.79 Å². The van der Waals surface area contributed by atoms with Crippen molar-refractivity contribution in [1.82, 2.24) is 5.32 Å². The summed E-state index contributed by atoms with van der Waals surface area (Å²) < 4.78 is 0. The highest BCUT2D eigenvalue weighted by molar-refractivity contribution is 5.77. The van der Waals surface area contributed by atoms with Crippen LogP contribution in [-0.4, -0.2) is 23.2 Å². The molecule has 0 heterocycles. The molecule has 0 aliphatic carbocycles. The van der Waals surface area contributed by atoms with E-state index < -0.39 is 6.10 Å². The van der Waals surface area contributed by atoms with Crippen LogP contribution in [0, 0.1) is 32.5 Å². The van der Waals surface area contributed by atoms with Crippen molar-refractivity contribution in [1.29, 1.82) is 0 Å². The first-order valence-electron chi connectivity index (χ1n) is 15.4. The predicted octanol–water partition coefficient (Wildman–Crippen LogP) is 10.6. The second kappa shape index (κ2) is 16.4. The van der Waals surface area contributed by atoms with Gasteiger partial charge in [0.15, 0.2) is 0 Å². The lowest BCUT2D eigenvalue weighted by Gasteiger charge is -2.42. The standard InChI is InChI=1S/C31H61NO2.2C2H6/c1-26(2,3)20-29(10,11)18-16-17-23(33)25(31(14,15)22-28(7,8)9)32-24(34)19-30(12,13)21-27(4,5)6;2*1-2/h16-17,23,25,33H,18-22H2,1-15H3,(H,32,34);2*1-2H3/b17-16+;;. The highest BCUT2D eigenvalue weighted by atomic mass is 16.3. The molecule has 3 nitrogen and oxygen atoms in total. The molecule has 0 aromatic carbocycles. The number of rotatable bonds is 11. The number of aliphatic hydroxyl groups excluding tert-OH is 1. The molecule has 0 aromatic rings. The van der Waals surface area contributed by atoms with Crippen molar-refractivity contribution < 1.29 is 9.90 Å². The van der Waals surface area contributed by atoms with Gasteiger partial charge in [-0.2, -0.15) is 0 Å². The Morgan fingerprint density at radius 1 is 0.658 bits per heavy atom. The van der Waals surface area contributed by atoms with Gasteiger partial charge in [-0.05, 0) is 58.2 Å². The zero-order chi connectivity index (χ0) is 31.4. The maximum Gasteiger partial charge on any atom is 0.220 e. The van der Waals surface area contributed by atoms with E-state index in [0.29, 0.717) is 6.42 Å². The van der Waals surface area contributed by atoms with Crippen molar-refractivity contribution in [2.75, 3.05) is 0 Å². The van der Waals surface area contributed by atoms with Gasteiger partial charge in [0.05, 0.1) is 12.1 Å². The minimum Gasteiger partial charge on any atom is -0.387 e. The Morgan fingerprint density at radius 3 is 1.39 bits per heavy atom. The number of nitrogens with one attached hydrogen (secondary N) is 1. The van der Waals surface area contributed by atoms with Gasteiger partial charge in [-0.25, -0.2) is 0 Å². The van der Waals surface area contributed by atoms with Crippen molar-refractivity contribution in [3.63, 3.8) is 0 Å². The molecule has 38 heavy (non-hydrogen) atoms. The first-order chi connectivity index (χ1) is 16.7. The lowest BCUT2D eigenvalue weighted by molar-refractivity contribution is -0.126. The fourth-order valence-corrected chi connectivity index (χ4v) is 6.52. The SMILES string of the molecule is CC.CC.CC(C)(C)CC(C)(C)C/C=C/C(O)C(NC(=O)CC(C)(C)CC(C)(C)C)C(C)(C)CC(C)(C)C. The Bertz CT molecular complexity index is 664. The van der Waals surface area contributed by atoms with Gasteiger partial charge in [0.25, 0.3) is 0 Å². The molecule has 0 aliphatic heterocycles. The van der Waals surface area contributed by atoms with E-state index in [9.17, 15) is 9.90 Å². The van der Waals surface area contributed by atoms with Gasteiger partial charge in [0, 0.05) is 6.42 Å². The molecular formula is C35H73NO2. The van der Waals surface area contributed by atoms with Crippen molar-refractivity contribution in [3.8, 4) is 0 Å². The lowest BCUT2D eigenvalue weighted by atomic mass is 9.70. The van der Waals surface area contributed by atoms with E-state index in [-0.39, 0.29) is 44.4 Å². The zero-order valence-corrected chi connectivity index (χ0v) is 29.7. The topological polar surface area (TPSA) is 49.3 Å². The molecule has 2 N–H and O–H groups in total. The fourth-order valence-electron chi connectivity index (χ4n) is 6.52. The number of carbonyl (C=O) groups excluding carboxylic acids is 1. The number of hydrogen-bond donors (Lipinski definition) is 2. The molecule has 0 rings (SSSR count). The minimum absolute atomic E-state index is 0.0294. The van der Waals surface area contributed by atoms with E-state index >= 15 is 0 Å². The number of carbonyl (C=O) groups is 1. The molecule has 2 unspecified atom stereocenters. The predicted molar refractivity (Wildman–Crippen MR) is 173 cm³/mol. The summed E-state index contributed by atoms with van der Waals surface area (Å²) in [5, 5.41) is 14.6. The molecule has 230 valence electrons. The summed E-state index contributed by atoms with van der Waals surface area (Å²) in [5.41, 5.74) is 0.324. The summed E-state index contributed by atoms with van der Waals surface area (Å²) >= 11 is 0. The van der Waals surface area contributed by atoms with E-state index in [4.69, 9.17) is 0 Å². The maximum absolute atomic E-state index is 13.2.